The van der Waals surface area contributed by atoms with Gasteiger partial charge in [0.2, 0.25) is 10.0 Å². The second kappa shape index (κ2) is 5.69. The van der Waals surface area contributed by atoms with Crippen molar-refractivity contribution in [1.29, 1.82) is 0 Å². The third-order valence-electron chi connectivity index (χ3n) is 3.31. The zero-order chi connectivity index (χ0) is 14.8. The molecule has 0 amide bonds. The summed E-state index contributed by atoms with van der Waals surface area (Å²) in [4.78, 5) is 3.45. The molecule has 0 unspecified atom stereocenters. The fraction of sp³-hybridized carbons (Fsp3) is 0.583. The number of aromatic nitrogens is 1. The molecule has 1 aliphatic rings. The van der Waals surface area contributed by atoms with Gasteiger partial charge in [-0.15, -0.1) is 0 Å². The second-order valence-corrected chi connectivity index (χ2v) is 6.84. The third kappa shape index (κ3) is 3.69. The van der Waals surface area contributed by atoms with Crippen molar-refractivity contribution < 1.29 is 21.6 Å². The van der Waals surface area contributed by atoms with Crippen molar-refractivity contribution in [3.63, 3.8) is 0 Å². The molecule has 1 fully saturated rings. The number of pyridine rings is 1. The first-order valence-corrected chi connectivity index (χ1v) is 7.70. The molecule has 2 rings (SSSR count). The number of rotatable bonds is 5. The van der Waals surface area contributed by atoms with Crippen molar-refractivity contribution in [1.82, 2.24) is 9.29 Å². The van der Waals surface area contributed by atoms with Gasteiger partial charge < -0.3 is 0 Å². The van der Waals surface area contributed by atoms with Gasteiger partial charge in [0.15, 0.2) is 0 Å². The van der Waals surface area contributed by atoms with Crippen LogP contribution in [0, 0.1) is 5.92 Å². The smallest absolute Gasteiger partial charge is 0.263 e. The van der Waals surface area contributed by atoms with Gasteiger partial charge in [-0.1, -0.05) is 6.42 Å². The highest BCUT2D eigenvalue weighted by atomic mass is 32.2. The summed E-state index contributed by atoms with van der Waals surface area (Å²) in [7, 11) is -4.15. The van der Waals surface area contributed by atoms with Crippen LogP contribution in [0.4, 0.5) is 13.2 Å². The fourth-order valence-corrected chi connectivity index (χ4v) is 3.53. The van der Waals surface area contributed by atoms with E-state index < -0.39 is 22.7 Å². The van der Waals surface area contributed by atoms with Crippen LogP contribution in [-0.2, 0) is 10.0 Å². The van der Waals surface area contributed by atoms with E-state index in [-0.39, 0.29) is 17.4 Å². The summed E-state index contributed by atoms with van der Waals surface area (Å²) < 4.78 is 62.9. The Kier molecular flexibility index (Phi) is 4.33. The Bertz CT molecular complexity index is 542. The number of sulfonamides is 1. The minimum Gasteiger partial charge on any atom is -0.263 e. The van der Waals surface area contributed by atoms with Crippen molar-refractivity contribution in [2.45, 2.75) is 30.3 Å². The summed E-state index contributed by atoms with van der Waals surface area (Å²) in [5, 5.41) is 0. The molecule has 0 saturated heterocycles. The molecule has 1 aliphatic carbocycles. The van der Waals surface area contributed by atoms with E-state index >= 15 is 0 Å². The molecular weight excluding hydrogens is 293 g/mol. The lowest BCUT2D eigenvalue weighted by molar-refractivity contribution is -0.137. The molecule has 1 heterocycles. The molecule has 112 valence electrons. The molecule has 20 heavy (non-hydrogen) atoms. The molecule has 0 spiro atoms. The molecule has 1 aromatic rings. The van der Waals surface area contributed by atoms with E-state index in [2.05, 4.69) is 4.98 Å². The van der Waals surface area contributed by atoms with Crippen molar-refractivity contribution in [2.75, 3.05) is 13.1 Å². The summed E-state index contributed by atoms with van der Waals surface area (Å²) in [6.45, 7) is -1.54. The number of hydrogen-bond donors (Lipinski definition) is 0. The summed E-state index contributed by atoms with van der Waals surface area (Å²) in [6, 6.07) is 2.65. The second-order valence-electron chi connectivity index (χ2n) is 4.90. The fourth-order valence-electron chi connectivity index (χ4n) is 2.06. The predicted molar refractivity (Wildman–Crippen MR) is 66.4 cm³/mol. The Morgan fingerprint density at radius 2 is 2.05 bits per heavy atom. The molecule has 0 bridgehead atoms. The minimum absolute atomic E-state index is 0.0174. The SMILES string of the molecule is O=S(=O)(c1cccnc1)N(CC1CCC1)CC(F)(F)F. The van der Waals surface area contributed by atoms with Crippen LogP contribution in [0.25, 0.3) is 0 Å². The van der Waals surface area contributed by atoms with Crippen LogP contribution < -0.4 is 0 Å². The van der Waals surface area contributed by atoms with Gasteiger partial charge in [-0.2, -0.15) is 17.5 Å². The van der Waals surface area contributed by atoms with Gasteiger partial charge in [0, 0.05) is 18.9 Å². The van der Waals surface area contributed by atoms with Crippen LogP contribution in [-0.4, -0.2) is 37.0 Å². The van der Waals surface area contributed by atoms with Crippen LogP contribution in [0.1, 0.15) is 19.3 Å². The normalized spacial score (nSPS) is 17.2. The van der Waals surface area contributed by atoms with Crippen LogP contribution in [0.15, 0.2) is 29.4 Å². The predicted octanol–water partition coefficient (Wildman–Crippen LogP) is 2.43. The van der Waals surface area contributed by atoms with Gasteiger partial charge in [0.1, 0.15) is 11.4 Å². The number of hydrogen-bond acceptors (Lipinski definition) is 3. The zero-order valence-electron chi connectivity index (χ0n) is 10.7. The van der Waals surface area contributed by atoms with Crippen LogP contribution in [0.2, 0.25) is 0 Å². The first-order chi connectivity index (χ1) is 9.29. The molecule has 1 aromatic heterocycles. The molecular formula is C12H15F3N2O2S. The van der Waals surface area contributed by atoms with Gasteiger partial charge in [-0.25, -0.2) is 8.42 Å². The van der Waals surface area contributed by atoms with Gasteiger partial charge in [-0.3, -0.25) is 4.98 Å². The highest BCUT2D eigenvalue weighted by Gasteiger charge is 2.38. The number of nitrogens with zero attached hydrogens (tertiary/aromatic N) is 2. The lowest BCUT2D eigenvalue weighted by Gasteiger charge is -2.32. The Hall–Kier alpha value is -1.15. The summed E-state index contributed by atoms with van der Waals surface area (Å²) in [6.07, 6.45) is 0.378. The van der Waals surface area contributed by atoms with Crippen LogP contribution in [0.5, 0.6) is 0 Å². The van der Waals surface area contributed by atoms with E-state index in [1.54, 1.807) is 0 Å². The molecule has 8 heteroatoms. The molecule has 0 radical (unpaired) electrons. The van der Waals surface area contributed by atoms with Crippen LogP contribution in [0.3, 0.4) is 0 Å². The van der Waals surface area contributed by atoms with E-state index in [9.17, 15) is 21.6 Å². The molecule has 0 atom stereocenters. The molecule has 0 aromatic carbocycles. The Labute approximate surface area is 115 Å². The summed E-state index contributed by atoms with van der Waals surface area (Å²) in [5.41, 5.74) is 0. The largest absolute Gasteiger partial charge is 0.402 e. The first kappa shape index (κ1) is 15.2. The molecule has 1 saturated carbocycles. The highest BCUT2D eigenvalue weighted by Crippen LogP contribution is 2.30. The van der Waals surface area contributed by atoms with Gasteiger partial charge >= 0.3 is 6.18 Å². The maximum atomic E-state index is 12.6. The average molecular weight is 308 g/mol. The van der Waals surface area contributed by atoms with Gasteiger partial charge in [0.25, 0.3) is 0 Å². The highest BCUT2D eigenvalue weighted by molar-refractivity contribution is 7.89. The lowest BCUT2D eigenvalue weighted by atomic mass is 9.85. The van der Waals surface area contributed by atoms with Crippen molar-refractivity contribution in [3.8, 4) is 0 Å². The number of halogens is 3. The van der Waals surface area contributed by atoms with E-state index in [4.69, 9.17) is 0 Å². The van der Waals surface area contributed by atoms with Crippen molar-refractivity contribution in [3.05, 3.63) is 24.5 Å². The molecule has 0 aliphatic heterocycles. The van der Waals surface area contributed by atoms with E-state index in [0.29, 0.717) is 4.31 Å². The van der Waals surface area contributed by atoms with E-state index in [1.165, 1.54) is 18.3 Å². The summed E-state index contributed by atoms with van der Waals surface area (Å²) in [5.74, 6) is 0.0174. The topological polar surface area (TPSA) is 50.3 Å². The lowest BCUT2D eigenvalue weighted by Crippen LogP contribution is -2.42. The quantitative estimate of drug-likeness (QED) is 0.839. The van der Waals surface area contributed by atoms with Crippen molar-refractivity contribution in [2.24, 2.45) is 5.92 Å². The van der Waals surface area contributed by atoms with Crippen molar-refractivity contribution >= 4 is 10.0 Å². The first-order valence-electron chi connectivity index (χ1n) is 6.26. The van der Waals surface area contributed by atoms with Gasteiger partial charge in [-0.05, 0) is 30.9 Å². The average Bonchev–Trinajstić information content (AvgIpc) is 2.31. The maximum absolute atomic E-state index is 12.6. The molecule has 4 nitrogen and oxygen atoms in total. The third-order valence-corrected chi connectivity index (χ3v) is 5.11. The number of alkyl halides is 3. The van der Waals surface area contributed by atoms with Crippen LogP contribution >= 0.6 is 0 Å². The van der Waals surface area contributed by atoms with Gasteiger partial charge in [0.05, 0.1) is 0 Å². The minimum atomic E-state index is -4.56. The van der Waals surface area contributed by atoms with E-state index in [0.717, 1.165) is 25.5 Å². The Balaban J connectivity index is 2.24. The standard InChI is InChI=1S/C12H15F3N2O2S/c13-12(14,15)9-17(8-10-3-1-4-10)20(18,19)11-5-2-6-16-7-11/h2,5-7,10H,1,3-4,8-9H2. The Morgan fingerprint density at radius 1 is 1.35 bits per heavy atom. The van der Waals surface area contributed by atoms with E-state index in [1.807, 2.05) is 0 Å². The summed E-state index contributed by atoms with van der Waals surface area (Å²) >= 11 is 0. The maximum Gasteiger partial charge on any atom is 0.402 e. The monoisotopic (exact) mass is 308 g/mol. The Morgan fingerprint density at radius 3 is 2.50 bits per heavy atom. The zero-order valence-corrected chi connectivity index (χ0v) is 11.5. The molecule has 0 N–H and O–H groups in total.